The van der Waals surface area contributed by atoms with Crippen molar-refractivity contribution < 1.29 is 32.5 Å². The number of aliphatic hydroxyl groups excluding tert-OH is 1. The highest BCUT2D eigenvalue weighted by atomic mass is 19.2. The summed E-state index contributed by atoms with van der Waals surface area (Å²) in [4.78, 5) is 16.6. The molecule has 0 aliphatic heterocycles. The quantitative estimate of drug-likeness (QED) is 0.202. The van der Waals surface area contributed by atoms with Gasteiger partial charge in [-0.1, -0.05) is 19.9 Å². The molecule has 0 bridgehead atoms. The average Bonchev–Trinajstić information content (AvgIpc) is 3.25. The Labute approximate surface area is 255 Å². The number of aryl methyl sites for hydroxylation is 1. The Balaban J connectivity index is 1.63. The van der Waals surface area contributed by atoms with Gasteiger partial charge in [-0.05, 0) is 69.2 Å². The molecule has 0 aliphatic carbocycles. The van der Waals surface area contributed by atoms with Gasteiger partial charge in [-0.25, -0.2) is 9.18 Å². The van der Waals surface area contributed by atoms with E-state index in [1.807, 2.05) is 6.92 Å². The van der Waals surface area contributed by atoms with Crippen molar-refractivity contribution in [3.8, 4) is 16.9 Å². The second kappa shape index (κ2) is 12.9. The van der Waals surface area contributed by atoms with E-state index in [0.29, 0.717) is 33.3 Å². The minimum absolute atomic E-state index is 0.0596. The van der Waals surface area contributed by atoms with E-state index in [0.717, 1.165) is 17.3 Å². The van der Waals surface area contributed by atoms with Crippen molar-refractivity contribution in [3.63, 3.8) is 0 Å². The number of ether oxygens (including phenoxy) is 2. The van der Waals surface area contributed by atoms with Gasteiger partial charge in [-0.3, -0.25) is 14.1 Å². The molecule has 0 spiro atoms. The summed E-state index contributed by atoms with van der Waals surface area (Å²) in [5.41, 5.74) is 2.28. The molecule has 4 aromatic rings. The van der Waals surface area contributed by atoms with Gasteiger partial charge >= 0.3 is 6.09 Å². The number of alkyl halides is 1. The minimum Gasteiger partial charge on any atom is -0.489 e. The number of nitrogens with one attached hydrogen (secondary N) is 1. The molecule has 0 radical (unpaired) electrons. The van der Waals surface area contributed by atoms with Crippen LogP contribution in [-0.4, -0.2) is 44.8 Å². The van der Waals surface area contributed by atoms with Crippen molar-refractivity contribution in [1.29, 1.82) is 0 Å². The summed E-state index contributed by atoms with van der Waals surface area (Å²) in [5, 5.41) is 18.7. The lowest BCUT2D eigenvalue weighted by Crippen LogP contribution is -2.32. The molecular formula is C33H39F3N4O4. The van der Waals surface area contributed by atoms with Crippen molar-refractivity contribution in [2.75, 3.05) is 13.3 Å². The summed E-state index contributed by atoms with van der Waals surface area (Å²) in [6.45, 7) is 9.70. The number of hydrogen-bond donors (Lipinski definition) is 2. The molecule has 0 aliphatic rings. The third kappa shape index (κ3) is 7.15. The van der Waals surface area contributed by atoms with E-state index >= 15 is 4.39 Å². The maximum absolute atomic E-state index is 15.2. The summed E-state index contributed by atoms with van der Waals surface area (Å²) in [6, 6.07) is 9.52. The first-order valence-corrected chi connectivity index (χ1v) is 14.3. The van der Waals surface area contributed by atoms with Gasteiger partial charge in [-0.15, -0.1) is 0 Å². The number of aromatic nitrogens is 3. The highest BCUT2D eigenvalue weighted by Gasteiger charge is 2.34. The van der Waals surface area contributed by atoms with Gasteiger partial charge in [0.15, 0.2) is 11.6 Å². The van der Waals surface area contributed by atoms with Gasteiger partial charge in [0, 0.05) is 53.8 Å². The van der Waals surface area contributed by atoms with Crippen LogP contribution in [0.5, 0.6) is 5.75 Å². The molecule has 1 amide bonds. The van der Waals surface area contributed by atoms with Crippen LogP contribution in [0.25, 0.3) is 22.0 Å². The van der Waals surface area contributed by atoms with E-state index in [2.05, 4.69) is 15.4 Å². The number of rotatable bonds is 10. The fourth-order valence-corrected chi connectivity index (χ4v) is 4.81. The number of pyridine rings is 1. The van der Waals surface area contributed by atoms with Crippen LogP contribution in [0.2, 0.25) is 0 Å². The Morgan fingerprint density at radius 1 is 1.11 bits per heavy atom. The lowest BCUT2D eigenvalue weighted by Gasteiger charge is -2.26. The molecule has 2 aromatic carbocycles. The van der Waals surface area contributed by atoms with Crippen LogP contribution in [0, 0.1) is 24.0 Å². The number of halogens is 3. The van der Waals surface area contributed by atoms with Crippen LogP contribution in [0.3, 0.4) is 0 Å². The van der Waals surface area contributed by atoms with Gasteiger partial charge in [0.1, 0.15) is 11.7 Å². The zero-order valence-electron chi connectivity index (χ0n) is 26.1. The van der Waals surface area contributed by atoms with Crippen molar-refractivity contribution in [2.24, 2.45) is 12.5 Å². The largest absolute Gasteiger partial charge is 0.489 e. The fourth-order valence-electron chi connectivity index (χ4n) is 4.81. The molecule has 2 N–H and O–H groups in total. The SMILES string of the molecule is Cc1c(CCOc2c(-c3ccc4nccc(CNC(=O)OC(C)(C)C)c4c3)ccc(F)c2F)c(C(O)C(C)(C)CF)nn1C. The standard InChI is InChI=1S/C33H39F3N4O4/c1-19-22(28(39-40(19)7)30(41)33(5,6)18-34)13-15-43-29-23(9-10-25(35)27(29)36)20-8-11-26-24(16-20)21(12-14-37-26)17-38-31(42)44-32(2,3)4/h8-12,14,16,30,41H,13,15,17-18H2,1-7H3,(H,38,42). The van der Waals surface area contributed by atoms with Crippen LogP contribution in [0.4, 0.5) is 18.0 Å². The topological polar surface area (TPSA) is 98.5 Å². The summed E-state index contributed by atoms with van der Waals surface area (Å²) >= 11 is 0. The summed E-state index contributed by atoms with van der Waals surface area (Å²) in [6.07, 6.45) is 0.101. The van der Waals surface area contributed by atoms with E-state index < -0.39 is 41.5 Å². The van der Waals surface area contributed by atoms with Gasteiger partial charge in [-0.2, -0.15) is 9.49 Å². The summed E-state index contributed by atoms with van der Waals surface area (Å²) in [7, 11) is 1.72. The predicted octanol–water partition coefficient (Wildman–Crippen LogP) is 6.90. The molecule has 4 rings (SSSR count). The van der Waals surface area contributed by atoms with Gasteiger partial charge in [0.05, 0.1) is 24.5 Å². The number of benzene rings is 2. The monoisotopic (exact) mass is 612 g/mol. The van der Waals surface area contributed by atoms with Crippen molar-refractivity contribution in [2.45, 2.75) is 66.2 Å². The molecular weight excluding hydrogens is 573 g/mol. The van der Waals surface area contributed by atoms with Crippen LogP contribution in [0.15, 0.2) is 42.6 Å². The number of amides is 1. The molecule has 0 saturated heterocycles. The smallest absolute Gasteiger partial charge is 0.407 e. The molecule has 44 heavy (non-hydrogen) atoms. The average molecular weight is 613 g/mol. The van der Waals surface area contributed by atoms with Gasteiger partial charge < -0.3 is 19.9 Å². The third-order valence-corrected chi connectivity index (χ3v) is 7.45. The Bertz CT molecular complexity index is 1660. The van der Waals surface area contributed by atoms with Crippen LogP contribution < -0.4 is 10.1 Å². The fraction of sp³-hybridized carbons (Fsp3) is 0.424. The lowest BCUT2D eigenvalue weighted by atomic mass is 9.84. The van der Waals surface area contributed by atoms with Crippen molar-refractivity contribution >= 4 is 17.0 Å². The number of hydrogen-bond acceptors (Lipinski definition) is 6. The second-order valence-corrected chi connectivity index (χ2v) is 12.5. The van der Waals surface area contributed by atoms with Gasteiger partial charge in [0.2, 0.25) is 5.82 Å². The molecule has 11 heteroatoms. The van der Waals surface area contributed by atoms with E-state index in [1.54, 1.807) is 76.8 Å². The highest BCUT2D eigenvalue weighted by Crippen LogP contribution is 2.38. The number of fused-ring (bicyclic) bond motifs is 1. The van der Waals surface area contributed by atoms with E-state index in [-0.39, 0.29) is 25.3 Å². The number of alkyl carbamates (subject to hydrolysis) is 1. The first-order valence-electron chi connectivity index (χ1n) is 14.3. The Kier molecular flexibility index (Phi) is 9.58. The molecule has 2 aromatic heterocycles. The maximum Gasteiger partial charge on any atom is 0.407 e. The molecule has 0 saturated carbocycles. The first-order chi connectivity index (χ1) is 20.6. The molecule has 0 fully saturated rings. The first kappa shape index (κ1) is 32.8. The van der Waals surface area contributed by atoms with Gasteiger partial charge in [0.25, 0.3) is 0 Å². The Morgan fingerprint density at radius 3 is 2.52 bits per heavy atom. The highest BCUT2D eigenvalue weighted by molar-refractivity contribution is 5.88. The zero-order valence-corrected chi connectivity index (χ0v) is 26.1. The third-order valence-electron chi connectivity index (χ3n) is 7.45. The van der Waals surface area contributed by atoms with E-state index in [9.17, 15) is 18.7 Å². The Morgan fingerprint density at radius 2 is 1.84 bits per heavy atom. The molecule has 2 heterocycles. The summed E-state index contributed by atoms with van der Waals surface area (Å²) in [5.74, 6) is -2.47. The zero-order chi connectivity index (χ0) is 32.4. The van der Waals surface area contributed by atoms with E-state index in [4.69, 9.17) is 9.47 Å². The van der Waals surface area contributed by atoms with Crippen LogP contribution in [-0.2, 0) is 24.8 Å². The Hall–Kier alpha value is -4.12. The molecule has 236 valence electrons. The number of carbonyl (C=O) groups excluding carboxylic acids is 1. The predicted molar refractivity (Wildman–Crippen MR) is 162 cm³/mol. The van der Waals surface area contributed by atoms with Crippen molar-refractivity contribution in [3.05, 3.63) is 76.7 Å². The van der Waals surface area contributed by atoms with Crippen LogP contribution >= 0.6 is 0 Å². The molecule has 1 atom stereocenters. The van der Waals surface area contributed by atoms with Crippen molar-refractivity contribution in [1.82, 2.24) is 20.1 Å². The normalized spacial score (nSPS) is 12.8. The number of nitrogens with zero attached hydrogens (tertiary/aromatic N) is 3. The second-order valence-electron chi connectivity index (χ2n) is 12.5. The lowest BCUT2D eigenvalue weighted by molar-refractivity contribution is 0.0266. The number of aliphatic hydroxyl groups is 1. The van der Waals surface area contributed by atoms with Crippen LogP contribution in [0.1, 0.15) is 63.2 Å². The number of carbonyl (C=O) groups is 1. The maximum atomic E-state index is 15.2. The van der Waals surface area contributed by atoms with E-state index in [1.165, 1.54) is 6.07 Å². The molecule has 8 nitrogen and oxygen atoms in total. The summed E-state index contributed by atoms with van der Waals surface area (Å²) < 4.78 is 56.1. The minimum atomic E-state index is -1.17. The molecule has 1 unspecified atom stereocenters.